The Labute approximate surface area is 177 Å². The van der Waals surface area contributed by atoms with E-state index < -0.39 is 5.60 Å². The van der Waals surface area contributed by atoms with Crippen molar-refractivity contribution in [3.05, 3.63) is 20.9 Å². The summed E-state index contributed by atoms with van der Waals surface area (Å²) < 4.78 is 10.8. The van der Waals surface area contributed by atoms with Gasteiger partial charge in [0.1, 0.15) is 11.4 Å². The zero-order valence-corrected chi connectivity index (χ0v) is 18.9. The number of thiophene rings is 1. The molecular formula is C23H32O5S. The van der Waals surface area contributed by atoms with Crippen molar-refractivity contribution in [2.45, 2.75) is 78.7 Å². The highest BCUT2D eigenvalue weighted by atomic mass is 32.1. The summed E-state index contributed by atoms with van der Waals surface area (Å²) in [6, 6.07) is 0. The van der Waals surface area contributed by atoms with Gasteiger partial charge in [-0.15, -0.1) is 11.3 Å². The molecule has 0 bridgehead atoms. The lowest BCUT2D eigenvalue weighted by molar-refractivity contribution is -0.156. The molecule has 3 atom stereocenters. The van der Waals surface area contributed by atoms with Gasteiger partial charge in [0.25, 0.3) is 0 Å². The zero-order valence-electron chi connectivity index (χ0n) is 18.1. The van der Waals surface area contributed by atoms with Gasteiger partial charge in [0.2, 0.25) is 0 Å². The lowest BCUT2D eigenvalue weighted by atomic mass is 9.84. The van der Waals surface area contributed by atoms with E-state index in [0.29, 0.717) is 37.4 Å². The lowest BCUT2D eigenvalue weighted by Crippen LogP contribution is -2.27. The Morgan fingerprint density at radius 2 is 1.90 bits per heavy atom. The molecule has 1 saturated carbocycles. The van der Waals surface area contributed by atoms with E-state index in [4.69, 9.17) is 9.47 Å². The van der Waals surface area contributed by atoms with Crippen LogP contribution < -0.4 is 0 Å². The van der Waals surface area contributed by atoms with E-state index >= 15 is 0 Å². The molecule has 0 aliphatic heterocycles. The molecule has 6 heteroatoms. The molecule has 29 heavy (non-hydrogen) atoms. The number of Topliss-reactive ketones (excluding diaryl/α,β-unsaturated/α-hetero) is 1. The van der Waals surface area contributed by atoms with Gasteiger partial charge in [-0.2, -0.15) is 0 Å². The second-order valence-electron chi connectivity index (χ2n) is 9.38. The Kier molecular flexibility index (Phi) is 6.51. The molecule has 1 fully saturated rings. The molecule has 0 N–H and O–H groups in total. The number of fused-ring (bicyclic) bond motifs is 1. The molecule has 0 spiro atoms. The van der Waals surface area contributed by atoms with Gasteiger partial charge >= 0.3 is 11.9 Å². The number of ketones is 1. The fraction of sp³-hybridized carbons (Fsp3) is 0.696. The van der Waals surface area contributed by atoms with Crippen molar-refractivity contribution in [3.63, 3.8) is 0 Å². The highest BCUT2D eigenvalue weighted by molar-refractivity contribution is 7.12. The van der Waals surface area contributed by atoms with Gasteiger partial charge < -0.3 is 9.47 Å². The summed E-state index contributed by atoms with van der Waals surface area (Å²) in [5.41, 5.74) is 1.07. The van der Waals surface area contributed by atoms with Crippen LogP contribution in [0.5, 0.6) is 0 Å². The van der Waals surface area contributed by atoms with E-state index in [-0.39, 0.29) is 29.6 Å². The first kappa shape index (κ1) is 22.0. The Bertz CT molecular complexity index is 801. The van der Waals surface area contributed by atoms with Gasteiger partial charge in [-0.1, -0.05) is 6.92 Å². The quantitative estimate of drug-likeness (QED) is 0.606. The van der Waals surface area contributed by atoms with Crippen LogP contribution in [0.3, 0.4) is 0 Å². The van der Waals surface area contributed by atoms with Crippen molar-refractivity contribution in [1.29, 1.82) is 0 Å². The van der Waals surface area contributed by atoms with Crippen molar-refractivity contribution in [1.82, 2.24) is 0 Å². The van der Waals surface area contributed by atoms with Crippen LogP contribution in [-0.2, 0) is 38.3 Å². The summed E-state index contributed by atoms with van der Waals surface area (Å²) in [5, 5.41) is 0. The van der Waals surface area contributed by atoms with Gasteiger partial charge in [-0.05, 0) is 70.8 Å². The Morgan fingerprint density at radius 3 is 2.48 bits per heavy atom. The summed E-state index contributed by atoms with van der Waals surface area (Å²) in [6.07, 6.45) is 4.00. The SMILES string of the molecule is CCOC(=O)c1c(CC(=O)[C@H]2C[C@@H]2C)sc2c1C[C@@H](CC(=O)OC(C)(C)C)CC2. The largest absolute Gasteiger partial charge is 0.462 e. The van der Waals surface area contributed by atoms with Crippen LogP contribution in [0, 0.1) is 17.8 Å². The number of ether oxygens (including phenoxy) is 2. The molecular weight excluding hydrogens is 388 g/mol. The topological polar surface area (TPSA) is 69.7 Å². The first-order valence-corrected chi connectivity index (χ1v) is 11.5. The number of rotatable bonds is 7. The predicted molar refractivity (Wildman–Crippen MR) is 112 cm³/mol. The molecule has 0 unspecified atom stereocenters. The molecule has 2 aliphatic rings. The van der Waals surface area contributed by atoms with Gasteiger partial charge in [0, 0.05) is 28.5 Å². The second-order valence-corrected chi connectivity index (χ2v) is 10.6. The van der Waals surface area contributed by atoms with Crippen LogP contribution in [-0.4, -0.2) is 29.9 Å². The Hall–Kier alpha value is -1.69. The Morgan fingerprint density at radius 1 is 1.21 bits per heavy atom. The fourth-order valence-electron chi connectivity index (χ4n) is 4.13. The van der Waals surface area contributed by atoms with Crippen LogP contribution in [0.2, 0.25) is 0 Å². The first-order chi connectivity index (χ1) is 13.6. The molecule has 0 saturated heterocycles. The maximum atomic E-state index is 12.7. The molecule has 5 nitrogen and oxygen atoms in total. The maximum Gasteiger partial charge on any atom is 0.339 e. The molecule has 1 heterocycles. The molecule has 0 amide bonds. The fourth-order valence-corrected chi connectivity index (χ4v) is 5.48. The monoisotopic (exact) mass is 420 g/mol. The van der Waals surface area contributed by atoms with Crippen molar-refractivity contribution >= 4 is 29.1 Å². The number of aryl methyl sites for hydroxylation is 1. The van der Waals surface area contributed by atoms with E-state index in [2.05, 4.69) is 6.92 Å². The average molecular weight is 421 g/mol. The van der Waals surface area contributed by atoms with E-state index in [0.717, 1.165) is 29.7 Å². The second kappa shape index (κ2) is 8.58. The summed E-state index contributed by atoms with van der Waals surface area (Å²) in [6.45, 7) is 9.79. The molecule has 0 radical (unpaired) electrons. The summed E-state index contributed by atoms with van der Waals surface area (Å²) in [4.78, 5) is 39.6. The molecule has 0 aromatic carbocycles. The normalized spacial score (nSPS) is 23.3. The third-order valence-corrected chi connectivity index (χ3v) is 6.94. The van der Waals surface area contributed by atoms with Crippen molar-refractivity contribution in [3.8, 4) is 0 Å². The number of hydrogen-bond acceptors (Lipinski definition) is 6. The number of carbonyl (C=O) groups excluding carboxylic acids is 3. The number of hydrogen-bond donors (Lipinski definition) is 0. The van der Waals surface area contributed by atoms with Gasteiger partial charge in [-0.25, -0.2) is 4.79 Å². The smallest absolute Gasteiger partial charge is 0.339 e. The van der Waals surface area contributed by atoms with Gasteiger partial charge in [0.15, 0.2) is 0 Å². The molecule has 3 rings (SSSR count). The zero-order chi connectivity index (χ0) is 21.3. The first-order valence-electron chi connectivity index (χ1n) is 10.6. The average Bonchev–Trinajstić information content (AvgIpc) is 3.22. The maximum absolute atomic E-state index is 12.7. The number of esters is 2. The van der Waals surface area contributed by atoms with Crippen LogP contribution in [0.4, 0.5) is 0 Å². The van der Waals surface area contributed by atoms with Crippen LogP contribution in [0.25, 0.3) is 0 Å². The minimum atomic E-state index is -0.497. The van der Waals surface area contributed by atoms with Gasteiger partial charge in [0.05, 0.1) is 12.2 Å². The minimum absolute atomic E-state index is 0.143. The van der Waals surface area contributed by atoms with E-state index in [1.807, 2.05) is 20.8 Å². The molecule has 2 aliphatic carbocycles. The lowest BCUT2D eigenvalue weighted by Gasteiger charge is -2.25. The molecule has 1 aromatic heterocycles. The predicted octanol–water partition coefficient (Wildman–Crippen LogP) is 4.53. The summed E-state index contributed by atoms with van der Waals surface area (Å²) in [5.74, 6) is 0.441. The standard InChI is InChI=1S/C23H32O5S/c1-6-27-22(26)21-16-10-14(11-20(25)28-23(3,4)5)7-8-18(16)29-19(21)12-17(24)15-9-13(15)2/h13-15H,6-12H2,1-5H3/t13-,14-,15-/m0/s1. The minimum Gasteiger partial charge on any atom is -0.462 e. The number of carbonyl (C=O) groups is 3. The molecule has 160 valence electrons. The van der Waals surface area contributed by atoms with Crippen LogP contribution in [0.1, 0.15) is 79.6 Å². The summed E-state index contributed by atoms with van der Waals surface area (Å²) in [7, 11) is 0. The van der Waals surface area contributed by atoms with E-state index in [1.165, 1.54) is 4.88 Å². The Balaban J connectivity index is 1.79. The third kappa shape index (κ3) is 5.47. The van der Waals surface area contributed by atoms with Crippen LogP contribution >= 0.6 is 11.3 Å². The van der Waals surface area contributed by atoms with Crippen molar-refractivity contribution in [2.24, 2.45) is 17.8 Å². The third-order valence-electron chi connectivity index (χ3n) is 5.65. The van der Waals surface area contributed by atoms with E-state index in [1.54, 1.807) is 18.3 Å². The van der Waals surface area contributed by atoms with E-state index in [9.17, 15) is 14.4 Å². The van der Waals surface area contributed by atoms with Crippen LogP contribution in [0.15, 0.2) is 0 Å². The highest BCUT2D eigenvalue weighted by Crippen LogP contribution is 2.42. The van der Waals surface area contributed by atoms with Crippen molar-refractivity contribution in [2.75, 3.05) is 6.61 Å². The highest BCUT2D eigenvalue weighted by Gasteiger charge is 2.40. The molecule has 1 aromatic rings. The summed E-state index contributed by atoms with van der Waals surface area (Å²) >= 11 is 1.58. The van der Waals surface area contributed by atoms with Crippen molar-refractivity contribution < 1.29 is 23.9 Å². The van der Waals surface area contributed by atoms with Gasteiger partial charge in [-0.3, -0.25) is 9.59 Å².